The van der Waals surface area contributed by atoms with Gasteiger partial charge in [-0.2, -0.15) is 0 Å². The van der Waals surface area contributed by atoms with Crippen molar-refractivity contribution in [2.75, 3.05) is 13.7 Å². The van der Waals surface area contributed by atoms with Crippen LogP contribution < -0.4 is 4.74 Å². The van der Waals surface area contributed by atoms with Gasteiger partial charge in [0, 0.05) is 41.3 Å². The molecule has 0 aromatic heterocycles. The highest BCUT2D eigenvalue weighted by molar-refractivity contribution is 9.12. The maximum absolute atomic E-state index is 13.4. The fraction of sp³-hybridized carbons (Fsp3) is 0.385. The average molecular weight is 526 g/mol. The van der Waals surface area contributed by atoms with Crippen molar-refractivity contribution in [2.24, 2.45) is 17.8 Å². The van der Waals surface area contributed by atoms with Gasteiger partial charge in [-0.15, -0.1) is 0 Å². The third-order valence-electron chi connectivity index (χ3n) is 7.40. The number of aromatic hydroxyl groups is 1. The first kappa shape index (κ1) is 22.8. The first-order valence-corrected chi connectivity index (χ1v) is 12.2. The number of amides is 2. The molecular formula is C26H24BrNO6. The molecule has 5 rings (SSSR count). The van der Waals surface area contributed by atoms with E-state index in [1.165, 1.54) is 30.2 Å². The minimum atomic E-state index is -0.610. The molecule has 4 aliphatic rings. The Morgan fingerprint density at radius 2 is 1.91 bits per heavy atom. The molecule has 1 aromatic rings. The fourth-order valence-electron chi connectivity index (χ4n) is 6.01. The normalized spacial score (nSPS) is 28.4. The van der Waals surface area contributed by atoms with Crippen molar-refractivity contribution in [3.63, 3.8) is 0 Å². The number of benzene rings is 1. The topological polar surface area (TPSA) is 101 Å². The Labute approximate surface area is 205 Å². The quantitative estimate of drug-likeness (QED) is 0.366. The van der Waals surface area contributed by atoms with Crippen LogP contribution in [0.2, 0.25) is 0 Å². The summed E-state index contributed by atoms with van der Waals surface area (Å²) in [5.41, 5.74) is 2.24. The number of allylic oxidation sites excluding steroid dienone is 6. The van der Waals surface area contributed by atoms with Crippen LogP contribution in [-0.4, -0.2) is 47.0 Å². The Hall–Kier alpha value is -3.00. The van der Waals surface area contributed by atoms with E-state index in [1.807, 2.05) is 13.0 Å². The van der Waals surface area contributed by atoms with Crippen LogP contribution in [0.5, 0.6) is 11.5 Å². The molecule has 176 valence electrons. The minimum Gasteiger partial charge on any atom is -0.508 e. The van der Waals surface area contributed by atoms with E-state index in [2.05, 4.69) is 15.9 Å². The summed E-state index contributed by atoms with van der Waals surface area (Å²) in [5.74, 6) is -2.51. The number of halogens is 1. The van der Waals surface area contributed by atoms with Crippen LogP contribution in [0, 0.1) is 17.8 Å². The summed E-state index contributed by atoms with van der Waals surface area (Å²) in [6.07, 6.45) is 4.57. The van der Waals surface area contributed by atoms with Crippen LogP contribution >= 0.6 is 15.9 Å². The number of ketones is 2. The molecule has 8 heteroatoms. The Morgan fingerprint density at radius 3 is 2.62 bits per heavy atom. The number of ether oxygens (including phenoxy) is 1. The van der Waals surface area contributed by atoms with Gasteiger partial charge in [0.05, 0.1) is 23.4 Å². The number of carbonyl (C=O) groups is 4. The maximum Gasteiger partial charge on any atom is 0.233 e. The standard InChI is InChI=1S/C26H24BrNO6/c1-3-8-28-25(32)15-7-6-13-16(22(15)26(28)33)10-17-23(19(30)11-18(27)24(17)31)21(13)14-5-4-12(29)9-20(14)34-2/h4-6,9,11,15-16,21-22,29H,3,7-8,10H2,1-2H3. The molecule has 1 fully saturated rings. The van der Waals surface area contributed by atoms with E-state index in [0.717, 1.165) is 5.57 Å². The number of methoxy groups -OCH3 is 1. The van der Waals surface area contributed by atoms with E-state index in [1.54, 1.807) is 6.07 Å². The molecule has 0 radical (unpaired) electrons. The van der Waals surface area contributed by atoms with Gasteiger partial charge in [0.15, 0.2) is 11.6 Å². The highest BCUT2D eigenvalue weighted by atomic mass is 79.9. The molecule has 1 N–H and O–H groups in total. The molecule has 4 unspecified atom stereocenters. The number of phenolic OH excluding ortho intramolecular Hbond substituents is 1. The van der Waals surface area contributed by atoms with E-state index < -0.39 is 17.8 Å². The van der Waals surface area contributed by atoms with E-state index in [4.69, 9.17) is 4.74 Å². The van der Waals surface area contributed by atoms with Gasteiger partial charge in [-0.3, -0.25) is 24.1 Å². The molecule has 34 heavy (non-hydrogen) atoms. The summed E-state index contributed by atoms with van der Waals surface area (Å²) in [7, 11) is 1.48. The predicted molar refractivity (Wildman–Crippen MR) is 126 cm³/mol. The first-order chi connectivity index (χ1) is 16.3. The monoisotopic (exact) mass is 525 g/mol. The van der Waals surface area contributed by atoms with Crippen molar-refractivity contribution in [2.45, 2.75) is 32.1 Å². The van der Waals surface area contributed by atoms with E-state index in [9.17, 15) is 24.3 Å². The number of hydrogen-bond acceptors (Lipinski definition) is 6. The number of imide groups is 1. The fourth-order valence-corrected chi connectivity index (χ4v) is 6.46. The van der Waals surface area contributed by atoms with Crippen LogP contribution in [0.15, 0.2) is 51.6 Å². The van der Waals surface area contributed by atoms with E-state index in [-0.39, 0.29) is 46.0 Å². The third kappa shape index (κ3) is 3.22. The number of hydrogen-bond donors (Lipinski definition) is 1. The van der Waals surface area contributed by atoms with Gasteiger partial charge in [0.1, 0.15) is 11.5 Å². The van der Waals surface area contributed by atoms with Crippen LogP contribution in [0.1, 0.15) is 37.7 Å². The second-order valence-corrected chi connectivity index (χ2v) is 10.0. The third-order valence-corrected chi connectivity index (χ3v) is 7.99. The first-order valence-electron chi connectivity index (χ1n) is 11.4. The van der Waals surface area contributed by atoms with Crippen molar-refractivity contribution in [1.82, 2.24) is 4.90 Å². The number of carbonyl (C=O) groups excluding carboxylic acids is 4. The maximum atomic E-state index is 13.4. The van der Waals surface area contributed by atoms with Gasteiger partial charge in [-0.05, 0) is 47.2 Å². The lowest BCUT2D eigenvalue weighted by molar-refractivity contribution is -0.140. The van der Waals surface area contributed by atoms with Crippen molar-refractivity contribution < 1.29 is 29.0 Å². The van der Waals surface area contributed by atoms with Crippen LogP contribution in [0.4, 0.5) is 0 Å². The van der Waals surface area contributed by atoms with Gasteiger partial charge in [-0.25, -0.2) is 0 Å². The van der Waals surface area contributed by atoms with Gasteiger partial charge in [-0.1, -0.05) is 24.6 Å². The summed E-state index contributed by atoms with van der Waals surface area (Å²) >= 11 is 3.22. The summed E-state index contributed by atoms with van der Waals surface area (Å²) < 4.78 is 5.72. The summed E-state index contributed by atoms with van der Waals surface area (Å²) in [5, 5.41) is 10.00. The zero-order valence-electron chi connectivity index (χ0n) is 18.8. The molecular weight excluding hydrogens is 502 g/mol. The summed E-state index contributed by atoms with van der Waals surface area (Å²) in [6.45, 7) is 2.30. The Bertz CT molecular complexity index is 1240. The largest absolute Gasteiger partial charge is 0.508 e. The Kier molecular flexibility index (Phi) is 5.59. The number of rotatable bonds is 4. The van der Waals surface area contributed by atoms with Gasteiger partial charge >= 0.3 is 0 Å². The van der Waals surface area contributed by atoms with E-state index in [0.29, 0.717) is 41.8 Å². The second-order valence-electron chi connectivity index (χ2n) is 9.15. The van der Waals surface area contributed by atoms with Crippen LogP contribution in [0.25, 0.3) is 0 Å². The zero-order chi connectivity index (χ0) is 24.3. The second kappa shape index (κ2) is 8.34. The smallest absolute Gasteiger partial charge is 0.233 e. The molecule has 1 saturated heterocycles. The van der Waals surface area contributed by atoms with Gasteiger partial charge < -0.3 is 9.84 Å². The lowest BCUT2D eigenvalue weighted by Gasteiger charge is -2.42. The van der Waals surface area contributed by atoms with E-state index >= 15 is 0 Å². The molecule has 0 spiro atoms. The predicted octanol–water partition coefficient (Wildman–Crippen LogP) is 3.57. The van der Waals surface area contributed by atoms with Crippen molar-refractivity contribution >= 4 is 39.3 Å². The molecule has 1 heterocycles. The molecule has 0 bridgehead atoms. The molecule has 2 amide bonds. The molecule has 0 saturated carbocycles. The highest BCUT2D eigenvalue weighted by Crippen LogP contribution is 2.56. The highest BCUT2D eigenvalue weighted by Gasteiger charge is 2.56. The van der Waals surface area contributed by atoms with Crippen molar-refractivity contribution in [3.05, 3.63) is 57.1 Å². The van der Waals surface area contributed by atoms with Crippen LogP contribution in [0.3, 0.4) is 0 Å². The zero-order valence-corrected chi connectivity index (χ0v) is 20.4. The molecule has 1 aliphatic heterocycles. The Morgan fingerprint density at radius 1 is 1.15 bits per heavy atom. The molecule has 1 aromatic carbocycles. The number of phenols is 1. The number of Topliss-reactive ketones (excluding diaryl/α,β-unsaturated/α-hetero) is 1. The van der Waals surface area contributed by atoms with Crippen molar-refractivity contribution in [1.29, 1.82) is 0 Å². The lowest BCUT2D eigenvalue weighted by Crippen LogP contribution is -2.39. The SMILES string of the molecule is CCCN1C(=O)C2CC=C3C(c4ccc(O)cc4OC)C4=C(CC3C2C1=O)C(=O)C(Br)=CC4=O. The summed E-state index contributed by atoms with van der Waals surface area (Å²) in [6, 6.07) is 4.68. The van der Waals surface area contributed by atoms with Gasteiger partial charge in [0.25, 0.3) is 0 Å². The lowest BCUT2D eigenvalue weighted by atomic mass is 9.59. The number of likely N-dealkylation sites (tertiary alicyclic amines) is 1. The Balaban J connectivity index is 1.70. The van der Waals surface area contributed by atoms with Gasteiger partial charge in [0.2, 0.25) is 11.8 Å². The summed E-state index contributed by atoms with van der Waals surface area (Å²) in [4.78, 5) is 54.2. The average Bonchev–Trinajstić information content (AvgIpc) is 3.06. The number of fused-ring (bicyclic) bond motifs is 3. The van der Waals surface area contributed by atoms with Crippen molar-refractivity contribution in [3.8, 4) is 11.5 Å². The number of nitrogens with zero attached hydrogens (tertiary/aromatic N) is 1. The minimum absolute atomic E-state index is 0.0142. The molecule has 4 atom stereocenters. The van der Waals surface area contributed by atoms with Crippen LogP contribution in [-0.2, 0) is 19.2 Å². The molecule has 3 aliphatic carbocycles. The molecule has 7 nitrogen and oxygen atoms in total.